The van der Waals surface area contributed by atoms with E-state index in [0.29, 0.717) is 5.06 Å². The third-order valence-electron chi connectivity index (χ3n) is 3.85. The van der Waals surface area contributed by atoms with Gasteiger partial charge in [-0.2, -0.15) is 13.5 Å². The van der Waals surface area contributed by atoms with Gasteiger partial charge in [0, 0.05) is 11.9 Å². The number of nitrogen functional groups attached to an aromatic ring is 1. The first kappa shape index (κ1) is 18.3. The summed E-state index contributed by atoms with van der Waals surface area (Å²) < 4.78 is 34.7. The van der Waals surface area contributed by atoms with E-state index in [9.17, 15) is 22.8 Å². The molecule has 26 heavy (non-hydrogen) atoms. The number of carbonyl (C=O) groups is 3. The zero-order chi connectivity index (χ0) is 19.1. The van der Waals surface area contributed by atoms with Crippen molar-refractivity contribution in [2.45, 2.75) is 24.9 Å². The number of fused-ring (bicyclic) bond motifs is 2. The lowest BCUT2D eigenvalue weighted by molar-refractivity contribution is -0.126. The van der Waals surface area contributed by atoms with Crippen LogP contribution in [0.1, 0.15) is 23.3 Å². The van der Waals surface area contributed by atoms with Crippen molar-refractivity contribution in [1.82, 2.24) is 25.8 Å². The average Bonchev–Trinajstić information content (AvgIpc) is 3.09. The van der Waals surface area contributed by atoms with Crippen LogP contribution >= 0.6 is 11.3 Å². The molecule has 0 aromatic carbocycles. The van der Waals surface area contributed by atoms with E-state index < -0.39 is 40.3 Å². The van der Waals surface area contributed by atoms with E-state index in [-0.39, 0.29) is 30.2 Å². The van der Waals surface area contributed by atoms with Gasteiger partial charge >= 0.3 is 16.4 Å². The molecule has 5 N–H and O–H groups in total. The highest BCUT2D eigenvalue weighted by Gasteiger charge is 2.49. The fraction of sp³-hybridized carbons (Fsp3) is 0.455. The maximum Gasteiger partial charge on any atom is 0.418 e. The second kappa shape index (κ2) is 6.67. The van der Waals surface area contributed by atoms with Crippen LogP contribution in [-0.4, -0.2) is 64.4 Å². The monoisotopic (exact) mass is 406 g/mol. The van der Waals surface area contributed by atoms with Crippen LogP contribution in [0.25, 0.3) is 0 Å². The molecule has 4 amide bonds. The smallest absolute Gasteiger partial charge is 0.375 e. The molecule has 15 heteroatoms. The third kappa shape index (κ3) is 3.69. The topological polar surface area (TPSA) is 184 Å². The van der Waals surface area contributed by atoms with Gasteiger partial charge in [0.2, 0.25) is 0 Å². The van der Waals surface area contributed by atoms with E-state index in [1.807, 2.05) is 0 Å². The lowest BCUT2D eigenvalue weighted by atomic mass is 10.0. The van der Waals surface area contributed by atoms with Crippen molar-refractivity contribution < 1.29 is 31.6 Å². The zero-order valence-corrected chi connectivity index (χ0v) is 14.6. The molecule has 1 aromatic heterocycles. The predicted octanol–water partition coefficient (Wildman–Crippen LogP) is -1.51. The molecule has 13 nitrogen and oxygen atoms in total. The highest BCUT2D eigenvalue weighted by molar-refractivity contribution is 7.80. The van der Waals surface area contributed by atoms with Crippen LogP contribution in [-0.2, 0) is 19.5 Å². The molecule has 2 atom stereocenters. The molecular formula is C11H14N6O7S2. The Balaban J connectivity index is 1.61. The maximum atomic E-state index is 12.3. The average molecular weight is 406 g/mol. The zero-order valence-electron chi connectivity index (χ0n) is 13.0. The molecule has 3 rings (SSSR count). The van der Waals surface area contributed by atoms with E-state index >= 15 is 0 Å². The number of anilines is 1. The fourth-order valence-electron chi connectivity index (χ4n) is 2.76. The van der Waals surface area contributed by atoms with Crippen LogP contribution in [0.5, 0.6) is 0 Å². The number of hydrazine groups is 1. The van der Waals surface area contributed by atoms with Gasteiger partial charge in [0.15, 0.2) is 5.13 Å². The normalized spacial score (nSPS) is 22.4. The second-order valence-electron chi connectivity index (χ2n) is 5.52. The van der Waals surface area contributed by atoms with Crippen molar-refractivity contribution in [2.24, 2.45) is 0 Å². The van der Waals surface area contributed by atoms with Crippen molar-refractivity contribution in [3.8, 4) is 0 Å². The molecule has 2 aliphatic heterocycles. The molecule has 142 valence electrons. The summed E-state index contributed by atoms with van der Waals surface area (Å²) in [7, 11) is -4.86. The van der Waals surface area contributed by atoms with Gasteiger partial charge in [0.25, 0.3) is 11.8 Å². The minimum atomic E-state index is -4.86. The van der Waals surface area contributed by atoms with Crippen molar-refractivity contribution >= 4 is 44.7 Å². The predicted molar refractivity (Wildman–Crippen MR) is 85.5 cm³/mol. The number of rotatable bonds is 4. The minimum Gasteiger partial charge on any atom is -0.375 e. The summed E-state index contributed by atoms with van der Waals surface area (Å²) in [4.78, 5) is 41.2. The summed E-state index contributed by atoms with van der Waals surface area (Å²) in [5.74, 6) is -1.34. The standard InChI is InChI=1S/C11H14N6O7S2/c12-10-13-6(4-25-10)8(18)14-15-9(19)7-2-1-5-3-16(7)11(20)17(5)24-26(21,22)23/h4-5,7H,1-3H2,(H2,12,13)(H,14,18)(H,15,19)(H,21,22,23)/t5-,7-/m1/s1. The first-order valence-corrected chi connectivity index (χ1v) is 9.48. The van der Waals surface area contributed by atoms with Crippen molar-refractivity contribution in [3.05, 3.63) is 11.1 Å². The number of carbonyl (C=O) groups excluding carboxylic acids is 3. The molecule has 1 aromatic rings. The lowest BCUT2D eigenvalue weighted by Gasteiger charge is -2.29. The Morgan fingerprint density at radius 3 is 2.73 bits per heavy atom. The summed E-state index contributed by atoms with van der Waals surface area (Å²) in [6.07, 6.45) is 0.486. The number of thiazole rings is 1. The third-order valence-corrected chi connectivity index (χ3v) is 4.88. The van der Waals surface area contributed by atoms with Gasteiger partial charge in [-0.15, -0.1) is 15.6 Å². The number of hydrogen-bond acceptors (Lipinski definition) is 9. The number of nitrogens with two attached hydrogens (primary N) is 1. The van der Waals surface area contributed by atoms with Gasteiger partial charge in [-0.05, 0) is 12.8 Å². The first-order valence-electron chi connectivity index (χ1n) is 7.24. The lowest BCUT2D eigenvalue weighted by Crippen LogP contribution is -2.54. The number of amides is 4. The molecule has 2 saturated heterocycles. The Morgan fingerprint density at radius 1 is 1.38 bits per heavy atom. The Labute approximate surface area is 151 Å². The molecule has 2 bridgehead atoms. The first-order chi connectivity index (χ1) is 12.2. The summed E-state index contributed by atoms with van der Waals surface area (Å²) in [5, 5.41) is 2.14. The van der Waals surface area contributed by atoms with Crippen molar-refractivity contribution in [1.29, 1.82) is 0 Å². The van der Waals surface area contributed by atoms with E-state index in [1.54, 1.807) is 0 Å². The summed E-state index contributed by atoms with van der Waals surface area (Å²) in [6, 6.07) is -2.42. The van der Waals surface area contributed by atoms with Gasteiger partial charge in [0.1, 0.15) is 11.7 Å². The van der Waals surface area contributed by atoms with Crippen LogP contribution in [0.15, 0.2) is 5.38 Å². The van der Waals surface area contributed by atoms with Gasteiger partial charge in [-0.1, -0.05) is 0 Å². The van der Waals surface area contributed by atoms with Gasteiger partial charge in [0.05, 0.1) is 6.04 Å². The number of hydrogen-bond donors (Lipinski definition) is 4. The maximum absolute atomic E-state index is 12.3. The molecule has 2 fully saturated rings. The van der Waals surface area contributed by atoms with Crippen LogP contribution in [0.3, 0.4) is 0 Å². The molecule has 3 heterocycles. The van der Waals surface area contributed by atoms with Crippen molar-refractivity contribution in [2.75, 3.05) is 12.3 Å². The Morgan fingerprint density at radius 2 is 2.12 bits per heavy atom. The molecular weight excluding hydrogens is 392 g/mol. The fourth-order valence-corrected chi connectivity index (χ4v) is 3.69. The Kier molecular flexibility index (Phi) is 4.70. The second-order valence-corrected chi connectivity index (χ2v) is 7.42. The largest absolute Gasteiger partial charge is 0.418 e. The van der Waals surface area contributed by atoms with E-state index in [1.165, 1.54) is 5.38 Å². The highest BCUT2D eigenvalue weighted by Crippen LogP contribution is 2.30. The molecule has 0 radical (unpaired) electrons. The number of piperidine rings is 1. The number of urea groups is 1. The molecule has 0 saturated carbocycles. The molecule has 0 unspecified atom stereocenters. The summed E-state index contributed by atoms with van der Waals surface area (Å²) >= 11 is 1.06. The number of aromatic nitrogens is 1. The highest BCUT2D eigenvalue weighted by atomic mass is 32.3. The van der Waals surface area contributed by atoms with Gasteiger partial charge in [-0.25, -0.2) is 9.78 Å². The Hall–Kier alpha value is -2.49. The number of hydroxylamine groups is 2. The Bertz CT molecular complexity index is 855. The van der Waals surface area contributed by atoms with Crippen LogP contribution in [0, 0.1) is 0 Å². The van der Waals surface area contributed by atoms with Gasteiger partial charge < -0.3 is 10.6 Å². The van der Waals surface area contributed by atoms with Crippen molar-refractivity contribution in [3.63, 3.8) is 0 Å². The van der Waals surface area contributed by atoms with Crippen LogP contribution < -0.4 is 16.6 Å². The summed E-state index contributed by atoms with van der Waals surface area (Å²) in [5.41, 5.74) is 9.80. The number of nitrogens with zero attached hydrogens (tertiary/aromatic N) is 3. The van der Waals surface area contributed by atoms with E-state index in [0.717, 1.165) is 16.2 Å². The van der Waals surface area contributed by atoms with Gasteiger partial charge in [-0.3, -0.25) is 25.0 Å². The number of nitrogens with one attached hydrogen (secondary N) is 2. The quantitative estimate of drug-likeness (QED) is 0.341. The minimum absolute atomic E-state index is 0.0292. The van der Waals surface area contributed by atoms with E-state index in [2.05, 4.69) is 20.1 Å². The van der Waals surface area contributed by atoms with Crippen LogP contribution in [0.2, 0.25) is 0 Å². The molecule has 0 spiro atoms. The molecule has 0 aliphatic carbocycles. The molecule has 2 aliphatic rings. The SMILES string of the molecule is Nc1nc(C(=O)NNC(=O)[C@H]2CC[C@@H]3CN2C(=O)N3OS(=O)(=O)O)cs1. The van der Waals surface area contributed by atoms with Crippen LogP contribution in [0.4, 0.5) is 9.93 Å². The summed E-state index contributed by atoms with van der Waals surface area (Å²) in [6.45, 7) is 0.0446. The van der Waals surface area contributed by atoms with E-state index in [4.69, 9.17) is 10.3 Å².